The van der Waals surface area contributed by atoms with Crippen LogP contribution in [0.15, 0.2) is 23.4 Å². The molecule has 0 radical (unpaired) electrons. The molecule has 1 aliphatic carbocycles. The number of hydrogen-bond donors (Lipinski definition) is 0. The molecule has 0 saturated carbocycles. The van der Waals surface area contributed by atoms with Crippen LogP contribution in [0.3, 0.4) is 0 Å². The first-order valence-electron chi connectivity index (χ1n) is 4.24. The van der Waals surface area contributed by atoms with E-state index >= 15 is 0 Å². The molecule has 11 heavy (non-hydrogen) atoms. The van der Waals surface area contributed by atoms with Crippen molar-refractivity contribution >= 4 is 27.7 Å². The van der Waals surface area contributed by atoms with Crippen molar-refractivity contribution in [2.75, 3.05) is 0 Å². The van der Waals surface area contributed by atoms with Gasteiger partial charge in [0.15, 0.2) is 0 Å². The van der Waals surface area contributed by atoms with Crippen LogP contribution in [0.4, 0.5) is 0 Å². The van der Waals surface area contributed by atoms with Gasteiger partial charge in [-0.15, -0.1) is 0 Å². The standard InChI is InChI=1S/C9H16Si.Li.H/c1-3-10(4-2)9-7-5-6-8-9;;/h5-7,10H,3-4,8H2,1-2H3;;. The second-order valence-electron chi connectivity index (χ2n) is 2.89. The summed E-state index contributed by atoms with van der Waals surface area (Å²) in [6, 6.07) is 2.87. The van der Waals surface area contributed by atoms with E-state index in [0.717, 1.165) is 0 Å². The minimum absolute atomic E-state index is 0. The Kier molecular flexibility index (Phi) is 6.04. The summed E-state index contributed by atoms with van der Waals surface area (Å²) in [5, 5.41) is 1.77. The zero-order valence-electron chi connectivity index (χ0n) is 6.93. The molecule has 0 spiro atoms. The Bertz CT molecular complexity index is 157. The van der Waals surface area contributed by atoms with Crippen LogP contribution in [-0.2, 0) is 0 Å². The summed E-state index contributed by atoms with van der Waals surface area (Å²) in [4.78, 5) is 0. The van der Waals surface area contributed by atoms with E-state index in [1.165, 1.54) is 18.5 Å². The average molecular weight is 160 g/mol. The fourth-order valence-corrected chi connectivity index (χ4v) is 4.06. The Hall–Kier alpha value is 0.294. The molecule has 0 aromatic rings. The van der Waals surface area contributed by atoms with Crippen molar-refractivity contribution in [1.29, 1.82) is 0 Å². The van der Waals surface area contributed by atoms with Crippen molar-refractivity contribution in [3.05, 3.63) is 23.4 Å². The molecule has 0 aromatic carbocycles. The molecule has 0 atom stereocenters. The fraction of sp³-hybridized carbons (Fsp3) is 0.556. The van der Waals surface area contributed by atoms with Crippen molar-refractivity contribution in [3.8, 4) is 0 Å². The molecule has 1 aliphatic rings. The van der Waals surface area contributed by atoms with Crippen LogP contribution in [0.1, 0.15) is 20.3 Å². The van der Waals surface area contributed by atoms with E-state index in [1.807, 2.05) is 0 Å². The summed E-state index contributed by atoms with van der Waals surface area (Å²) in [5.74, 6) is 0. The first kappa shape index (κ1) is 11.3. The van der Waals surface area contributed by atoms with Gasteiger partial charge in [0, 0.05) is 0 Å². The van der Waals surface area contributed by atoms with Crippen LogP contribution in [0.25, 0.3) is 0 Å². The molecule has 2 heteroatoms. The number of allylic oxidation sites excluding steroid dienone is 4. The van der Waals surface area contributed by atoms with E-state index in [-0.39, 0.29) is 18.9 Å². The van der Waals surface area contributed by atoms with Crippen molar-refractivity contribution in [2.45, 2.75) is 32.4 Å². The maximum absolute atomic E-state index is 2.34. The van der Waals surface area contributed by atoms with Crippen LogP contribution in [0.2, 0.25) is 12.1 Å². The predicted molar refractivity (Wildman–Crippen MR) is 57.1 cm³/mol. The van der Waals surface area contributed by atoms with E-state index in [0.29, 0.717) is 0 Å². The van der Waals surface area contributed by atoms with Crippen molar-refractivity contribution in [1.82, 2.24) is 0 Å². The van der Waals surface area contributed by atoms with Gasteiger partial charge in [0.25, 0.3) is 0 Å². The average Bonchev–Trinajstić information content (AvgIpc) is 2.43. The second-order valence-corrected chi connectivity index (χ2v) is 6.66. The van der Waals surface area contributed by atoms with Gasteiger partial charge in [-0.05, 0) is 6.42 Å². The topological polar surface area (TPSA) is 0 Å². The van der Waals surface area contributed by atoms with E-state index in [1.54, 1.807) is 5.20 Å². The van der Waals surface area contributed by atoms with Gasteiger partial charge < -0.3 is 0 Å². The summed E-state index contributed by atoms with van der Waals surface area (Å²) in [6.45, 7) is 4.67. The molecule has 0 saturated heterocycles. The van der Waals surface area contributed by atoms with Gasteiger partial charge in [0.2, 0.25) is 0 Å². The van der Waals surface area contributed by atoms with Gasteiger partial charge in [-0.25, -0.2) is 0 Å². The molecule has 58 valence electrons. The van der Waals surface area contributed by atoms with E-state index in [9.17, 15) is 0 Å². The first-order chi connectivity index (χ1) is 4.88. The van der Waals surface area contributed by atoms with Crippen LogP contribution in [-0.4, -0.2) is 27.7 Å². The van der Waals surface area contributed by atoms with Gasteiger partial charge in [-0.1, -0.05) is 49.4 Å². The Balaban J connectivity index is 0.000001000. The molecule has 0 unspecified atom stereocenters. The molecule has 0 heterocycles. The monoisotopic (exact) mass is 160 g/mol. The summed E-state index contributed by atoms with van der Waals surface area (Å²) >= 11 is 0. The summed E-state index contributed by atoms with van der Waals surface area (Å²) in [6.07, 6.45) is 8.09. The zero-order valence-corrected chi connectivity index (χ0v) is 8.09. The third kappa shape index (κ3) is 3.03. The third-order valence-electron chi connectivity index (χ3n) is 2.31. The van der Waals surface area contributed by atoms with Gasteiger partial charge >= 0.3 is 18.9 Å². The SMILES string of the molecule is CC[SiH](CC)C1=CC=CC1.[LiH]. The van der Waals surface area contributed by atoms with E-state index in [2.05, 4.69) is 32.1 Å². The molecule has 0 N–H and O–H groups in total. The van der Waals surface area contributed by atoms with Gasteiger partial charge in [0.1, 0.15) is 0 Å². The zero-order chi connectivity index (χ0) is 7.40. The molecular weight excluding hydrogens is 143 g/mol. The Labute approximate surface area is 83.5 Å². The van der Waals surface area contributed by atoms with Gasteiger partial charge in [0.05, 0.1) is 8.80 Å². The van der Waals surface area contributed by atoms with Gasteiger partial charge in [-0.3, -0.25) is 0 Å². The third-order valence-corrected chi connectivity index (χ3v) is 5.76. The molecule has 0 fully saturated rings. The molecular formula is C9H17LiSi. The normalized spacial score (nSPS) is 15.0. The molecule has 0 amide bonds. The van der Waals surface area contributed by atoms with Crippen LogP contribution in [0, 0.1) is 0 Å². The molecule has 0 aliphatic heterocycles. The Morgan fingerprint density at radius 2 is 2.00 bits per heavy atom. The Morgan fingerprint density at radius 3 is 2.36 bits per heavy atom. The summed E-state index contributed by atoms with van der Waals surface area (Å²) in [7, 11) is -0.446. The second kappa shape index (κ2) is 5.88. The molecule has 0 nitrogen and oxygen atoms in total. The minimum atomic E-state index is -0.446. The van der Waals surface area contributed by atoms with Crippen molar-refractivity contribution < 1.29 is 0 Å². The van der Waals surface area contributed by atoms with Crippen LogP contribution in [0.5, 0.6) is 0 Å². The molecule has 0 bridgehead atoms. The summed E-state index contributed by atoms with van der Waals surface area (Å²) < 4.78 is 0. The molecule has 1 rings (SSSR count). The van der Waals surface area contributed by atoms with Crippen molar-refractivity contribution in [2.24, 2.45) is 0 Å². The predicted octanol–water partition coefficient (Wildman–Crippen LogP) is 2.03. The quantitative estimate of drug-likeness (QED) is 0.554. The van der Waals surface area contributed by atoms with E-state index < -0.39 is 8.80 Å². The number of hydrogen-bond acceptors (Lipinski definition) is 0. The number of rotatable bonds is 3. The molecule has 0 aromatic heterocycles. The van der Waals surface area contributed by atoms with Crippen LogP contribution >= 0.6 is 0 Å². The van der Waals surface area contributed by atoms with E-state index in [4.69, 9.17) is 0 Å². The first-order valence-corrected chi connectivity index (χ1v) is 6.45. The fourth-order valence-electron chi connectivity index (χ4n) is 1.58. The summed E-state index contributed by atoms with van der Waals surface area (Å²) in [5.41, 5.74) is 0. The maximum atomic E-state index is 2.34. The van der Waals surface area contributed by atoms with Gasteiger partial charge in [-0.2, -0.15) is 0 Å². The Morgan fingerprint density at radius 1 is 1.36 bits per heavy atom. The van der Waals surface area contributed by atoms with Crippen molar-refractivity contribution in [3.63, 3.8) is 0 Å². The van der Waals surface area contributed by atoms with Crippen LogP contribution < -0.4 is 0 Å².